The van der Waals surface area contributed by atoms with Crippen molar-refractivity contribution in [3.63, 3.8) is 0 Å². The number of aromatic nitrogens is 1. The average molecular weight is 392 g/mol. The third-order valence-electron chi connectivity index (χ3n) is 4.60. The molecule has 0 bridgehead atoms. The van der Waals surface area contributed by atoms with Gasteiger partial charge in [-0.1, -0.05) is 24.0 Å². The Balaban J connectivity index is 2.10. The van der Waals surface area contributed by atoms with Crippen LogP contribution in [0.1, 0.15) is 29.4 Å². The molecule has 0 radical (unpaired) electrons. The number of carbonyl (C=O) groups excluding carboxylic acids is 3. The van der Waals surface area contributed by atoms with Crippen LogP contribution >= 0.6 is 0 Å². The zero-order valence-corrected chi connectivity index (χ0v) is 16.0. The number of primary amides is 1. The van der Waals surface area contributed by atoms with Crippen LogP contribution in [-0.4, -0.2) is 51.9 Å². The summed E-state index contributed by atoms with van der Waals surface area (Å²) in [4.78, 5) is 40.8. The van der Waals surface area contributed by atoms with E-state index in [9.17, 15) is 19.5 Å². The van der Waals surface area contributed by atoms with Gasteiger partial charge in [-0.05, 0) is 23.8 Å². The first-order valence-corrected chi connectivity index (χ1v) is 8.89. The summed E-state index contributed by atoms with van der Waals surface area (Å²) >= 11 is 0. The van der Waals surface area contributed by atoms with Gasteiger partial charge in [0.05, 0.1) is 5.69 Å². The molecule has 2 heterocycles. The molecule has 8 nitrogen and oxygen atoms in total. The number of nitrogens with two attached hydrogens (primary N) is 1. The number of likely N-dealkylation sites (tertiary alicyclic amines) is 1. The molecule has 0 unspecified atom stereocenters. The van der Waals surface area contributed by atoms with E-state index >= 15 is 0 Å². The van der Waals surface area contributed by atoms with E-state index in [2.05, 4.69) is 22.1 Å². The van der Waals surface area contributed by atoms with E-state index < -0.39 is 17.4 Å². The first-order valence-electron chi connectivity index (χ1n) is 8.89. The van der Waals surface area contributed by atoms with E-state index in [1.165, 1.54) is 18.0 Å². The third kappa shape index (κ3) is 4.10. The first-order chi connectivity index (χ1) is 13.7. The number of rotatable bonds is 3. The normalized spacial score (nSPS) is 18.2. The summed E-state index contributed by atoms with van der Waals surface area (Å²) in [5.74, 6) is 4.02. The summed E-state index contributed by atoms with van der Waals surface area (Å²) in [6.45, 7) is 1.76. The number of likely N-dealkylation sites (N-methyl/N-ethyl adjacent to an activating group) is 1. The average Bonchev–Trinajstić information content (AvgIpc) is 2.94. The molecule has 29 heavy (non-hydrogen) atoms. The van der Waals surface area contributed by atoms with E-state index in [1.54, 1.807) is 37.4 Å². The highest BCUT2D eigenvalue weighted by Crippen LogP contribution is 2.27. The van der Waals surface area contributed by atoms with Crippen LogP contribution in [-0.2, 0) is 9.59 Å². The number of nitrogens with zero attached hydrogens (tertiary/aromatic N) is 2. The van der Waals surface area contributed by atoms with Gasteiger partial charge in [0.1, 0.15) is 5.69 Å². The summed E-state index contributed by atoms with van der Waals surface area (Å²) in [6, 6.07) is 8.34. The van der Waals surface area contributed by atoms with Gasteiger partial charge >= 0.3 is 0 Å². The van der Waals surface area contributed by atoms with Crippen molar-refractivity contribution in [1.29, 1.82) is 0 Å². The monoisotopic (exact) mass is 392 g/mol. The minimum absolute atomic E-state index is 0.102. The number of hydrogen-bond acceptors (Lipinski definition) is 5. The van der Waals surface area contributed by atoms with Crippen molar-refractivity contribution in [3.8, 4) is 23.0 Å². The van der Waals surface area contributed by atoms with Crippen LogP contribution < -0.4 is 11.1 Å². The summed E-state index contributed by atoms with van der Waals surface area (Å²) in [5.41, 5.74) is 5.65. The molecule has 1 fully saturated rings. The summed E-state index contributed by atoms with van der Waals surface area (Å²) < 4.78 is 0. The second kappa shape index (κ2) is 7.73. The van der Waals surface area contributed by atoms with Crippen molar-refractivity contribution in [2.45, 2.75) is 18.9 Å². The Morgan fingerprint density at radius 1 is 1.34 bits per heavy atom. The SMILES string of the molecule is CC(=O)Nc1ccc(-c2cccnc2C(N)=O)cc1C#C[C@]1(O)CCN(C)C1=O. The second-order valence-corrected chi connectivity index (χ2v) is 6.79. The number of pyridine rings is 1. The molecule has 1 saturated heterocycles. The molecule has 3 amide bonds. The predicted octanol–water partition coefficient (Wildman–Crippen LogP) is 0.751. The Hall–Kier alpha value is -3.70. The summed E-state index contributed by atoms with van der Waals surface area (Å²) in [7, 11) is 1.60. The first kappa shape index (κ1) is 20.0. The third-order valence-corrected chi connectivity index (χ3v) is 4.60. The Morgan fingerprint density at radius 3 is 2.72 bits per heavy atom. The number of anilines is 1. The Bertz CT molecular complexity index is 1070. The van der Waals surface area contributed by atoms with Crippen molar-refractivity contribution in [1.82, 2.24) is 9.88 Å². The van der Waals surface area contributed by atoms with Crippen LogP contribution in [0.4, 0.5) is 5.69 Å². The highest BCUT2D eigenvalue weighted by molar-refractivity contribution is 5.98. The van der Waals surface area contributed by atoms with E-state index in [4.69, 9.17) is 5.73 Å². The smallest absolute Gasteiger partial charge is 0.267 e. The van der Waals surface area contributed by atoms with Crippen LogP contribution in [0.25, 0.3) is 11.1 Å². The van der Waals surface area contributed by atoms with E-state index in [-0.39, 0.29) is 18.0 Å². The van der Waals surface area contributed by atoms with E-state index in [0.29, 0.717) is 28.9 Å². The molecule has 148 valence electrons. The number of nitrogens with one attached hydrogen (secondary N) is 1. The van der Waals surface area contributed by atoms with E-state index in [0.717, 1.165) is 0 Å². The largest absolute Gasteiger partial charge is 0.369 e. The fraction of sp³-hybridized carbons (Fsp3) is 0.238. The maximum absolute atomic E-state index is 12.2. The highest BCUT2D eigenvalue weighted by Gasteiger charge is 2.42. The molecular weight excluding hydrogens is 372 g/mol. The molecule has 8 heteroatoms. The van der Waals surface area contributed by atoms with Gasteiger partial charge in [-0.25, -0.2) is 0 Å². The quantitative estimate of drug-likeness (QED) is 0.665. The summed E-state index contributed by atoms with van der Waals surface area (Å²) in [5, 5.41) is 13.2. The maximum Gasteiger partial charge on any atom is 0.267 e. The van der Waals surface area contributed by atoms with Crippen LogP contribution in [0, 0.1) is 11.8 Å². The predicted molar refractivity (Wildman–Crippen MR) is 107 cm³/mol. The lowest BCUT2D eigenvalue weighted by Crippen LogP contribution is -2.37. The lowest BCUT2D eigenvalue weighted by Gasteiger charge is -2.14. The minimum atomic E-state index is -1.77. The standard InChI is InChI=1S/C21H20N4O4/c1-13(26)24-17-6-5-14(16-4-3-10-23-18(16)19(22)27)12-15(17)7-8-21(29)9-11-25(2)20(21)28/h3-6,10,12,29H,9,11H2,1-2H3,(H2,22,27)(H,24,26)/t21-/m0/s1. The lowest BCUT2D eigenvalue weighted by molar-refractivity contribution is -0.137. The molecule has 1 aliphatic heterocycles. The van der Waals surface area contributed by atoms with Crippen LogP contribution in [0.5, 0.6) is 0 Å². The molecule has 2 aromatic rings. The zero-order valence-electron chi connectivity index (χ0n) is 16.0. The van der Waals surface area contributed by atoms with Crippen molar-refractivity contribution in [3.05, 3.63) is 47.8 Å². The van der Waals surface area contributed by atoms with E-state index in [1.807, 2.05) is 0 Å². The van der Waals surface area contributed by atoms with Gasteiger partial charge in [0.25, 0.3) is 11.8 Å². The van der Waals surface area contributed by atoms with Crippen LogP contribution in [0.3, 0.4) is 0 Å². The molecule has 4 N–H and O–H groups in total. The Morgan fingerprint density at radius 2 is 2.10 bits per heavy atom. The van der Waals surface area contributed by atoms with Gasteiger partial charge in [-0.2, -0.15) is 0 Å². The van der Waals surface area contributed by atoms with Gasteiger partial charge in [0, 0.05) is 44.3 Å². The molecule has 1 atom stereocenters. The van der Waals surface area contributed by atoms with Gasteiger partial charge in [0.2, 0.25) is 11.5 Å². The second-order valence-electron chi connectivity index (χ2n) is 6.79. The molecule has 0 saturated carbocycles. The fourth-order valence-corrected chi connectivity index (χ4v) is 3.09. The Labute approximate surface area is 167 Å². The molecule has 3 rings (SSSR count). The molecular formula is C21H20N4O4. The van der Waals surface area contributed by atoms with Crippen molar-refractivity contribution in [2.24, 2.45) is 5.73 Å². The summed E-state index contributed by atoms with van der Waals surface area (Å²) in [6.07, 6.45) is 1.66. The van der Waals surface area contributed by atoms with Gasteiger partial charge in [-0.3, -0.25) is 19.4 Å². The van der Waals surface area contributed by atoms with Gasteiger partial charge < -0.3 is 21.1 Å². The number of carbonyl (C=O) groups is 3. The number of aliphatic hydroxyl groups is 1. The molecule has 0 aliphatic carbocycles. The van der Waals surface area contributed by atoms with Crippen molar-refractivity contribution < 1.29 is 19.5 Å². The highest BCUT2D eigenvalue weighted by atomic mass is 16.3. The number of benzene rings is 1. The molecule has 1 aliphatic rings. The molecule has 1 aromatic heterocycles. The topological polar surface area (TPSA) is 126 Å². The zero-order chi connectivity index (χ0) is 21.2. The maximum atomic E-state index is 12.2. The fourth-order valence-electron chi connectivity index (χ4n) is 3.09. The van der Waals surface area contributed by atoms with Gasteiger partial charge in [-0.15, -0.1) is 0 Å². The van der Waals surface area contributed by atoms with Crippen LogP contribution in [0.2, 0.25) is 0 Å². The lowest BCUT2D eigenvalue weighted by atomic mass is 9.98. The van der Waals surface area contributed by atoms with Crippen molar-refractivity contribution in [2.75, 3.05) is 18.9 Å². The Kier molecular flexibility index (Phi) is 5.35. The van der Waals surface area contributed by atoms with Gasteiger partial charge in [0.15, 0.2) is 0 Å². The van der Waals surface area contributed by atoms with Crippen LogP contribution in [0.15, 0.2) is 36.5 Å². The number of hydrogen-bond donors (Lipinski definition) is 3. The molecule has 1 aromatic carbocycles. The number of amides is 3. The molecule has 0 spiro atoms. The minimum Gasteiger partial charge on any atom is -0.369 e. The van der Waals surface area contributed by atoms with Crippen molar-refractivity contribution >= 4 is 23.4 Å².